The standard InChI is InChI=1S/C22H27N3O5S/c1-15-9-10-16(22(27)30-2)12-20(15)31(28,29)24-19-8-4-3-6-17(19)13-25-11-5-7-18(14-25)21(23)26/h3-4,6,8-10,12,18,24H,5,7,11,13-14H2,1-2H3,(H2,23,26). The Labute approximate surface area is 182 Å². The molecule has 1 atom stereocenters. The lowest BCUT2D eigenvalue weighted by molar-refractivity contribution is -0.123. The fourth-order valence-electron chi connectivity index (χ4n) is 3.76. The average molecular weight is 446 g/mol. The van der Waals surface area contributed by atoms with Crippen LogP contribution in [0.5, 0.6) is 0 Å². The summed E-state index contributed by atoms with van der Waals surface area (Å²) in [5.41, 5.74) is 7.38. The molecule has 0 aliphatic carbocycles. The number of piperidine rings is 1. The number of carbonyl (C=O) groups excluding carboxylic acids is 2. The number of likely N-dealkylation sites (tertiary alicyclic amines) is 1. The predicted molar refractivity (Wildman–Crippen MR) is 117 cm³/mol. The van der Waals surface area contributed by atoms with Crippen molar-refractivity contribution in [1.82, 2.24) is 4.90 Å². The molecule has 0 bridgehead atoms. The van der Waals surface area contributed by atoms with E-state index in [9.17, 15) is 18.0 Å². The van der Waals surface area contributed by atoms with Gasteiger partial charge >= 0.3 is 5.97 Å². The number of hydrogen-bond donors (Lipinski definition) is 2. The number of hydrogen-bond acceptors (Lipinski definition) is 6. The number of para-hydroxylation sites is 1. The van der Waals surface area contributed by atoms with Crippen molar-refractivity contribution in [3.63, 3.8) is 0 Å². The van der Waals surface area contributed by atoms with E-state index in [4.69, 9.17) is 10.5 Å². The van der Waals surface area contributed by atoms with Crippen molar-refractivity contribution in [2.75, 3.05) is 24.9 Å². The summed E-state index contributed by atoms with van der Waals surface area (Å²) in [6.07, 6.45) is 1.64. The van der Waals surface area contributed by atoms with Gasteiger partial charge in [-0.1, -0.05) is 24.3 Å². The number of methoxy groups -OCH3 is 1. The maximum absolute atomic E-state index is 13.1. The van der Waals surface area contributed by atoms with E-state index in [0.29, 0.717) is 24.3 Å². The van der Waals surface area contributed by atoms with Crippen molar-refractivity contribution < 1.29 is 22.7 Å². The van der Waals surface area contributed by atoms with E-state index in [1.807, 2.05) is 12.1 Å². The van der Waals surface area contributed by atoms with Gasteiger partial charge in [0.05, 0.1) is 29.2 Å². The van der Waals surface area contributed by atoms with Gasteiger partial charge in [-0.15, -0.1) is 0 Å². The minimum atomic E-state index is -3.95. The lowest BCUT2D eigenvalue weighted by Gasteiger charge is -2.31. The highest BCUT2D eigenvalue weighted by Crippen LogP contribution is 2.26. The summed E-state index contributed by atoms with van der Waals surface area (Å²) in [5.74, 6) is -1.10. The van der Waals surface area contributed by atoms with Crippen molar-refractivity contribution in [3.8, 4) is 0 Å². The van der Waals surface area contributed by atoms with E-state index in [2.05, 4.69) is 9.62 Å². The Bertz CT molecular complexity index is 1080. The van der Waals surface area contributed by atoms with Gasteiger partial charge in [0, 0.05) is 13.1 Å². The number of benzene rings is 2. The van der Waals surface area contributed by atoms with Crippen molar-refractivity contribution in [1.29, 1.82) is 0 Å². The lowest BCUT2D eigenvalue weighted by atomic mass is 9.97. The van der Waals surface area contributed by atoms with Crippen LogP contribution in [0.4, 0.5) is 5.69 Å². The number of aryl methyl sites for hydroxylation is 1. The van der Waals surface area contributed by atoms with Gasteiger partial charge in [-0.05, 0) is 55.6 Å². The van der Waals surface area contributed by atoms with Crippen molar-refractivity contribution in [2.45, 2.75) is 31.2 Å². The zero-order valence-corrected chi connectivity index (χ0v) is 18.4. The molecule has 1 aliphatic heterocycles. The van der Waals surface area contributed by atoms with Crippen molar-refractivity contribution in [3.05, 3.63) is 59.2 Å². The van der Waals surface area contributed by atoms with Gasteiger partial charge < -0.3 is 10.5 Å². The molecule has 3 N–H and O–H groups in total. The summed E-state index contributed by atoms with van der Waals surface area (Å²) in [7, 11) is -2.70. The van der Waals surface area contributed by atoms with Crippen LogP contribution in [0, 0.1) is 12.8 Å². The number of nitrogens with zero attached hydrogens (tertiary/aromatic N) is 1. The summed E-state index contributed by atoms with van der Waals surface area (Å²) in [6, 6.07) is 11.6. The van der Waals surface area contributed by atoms with E-state index >= 15 is 0 Å². The molecule has 0 radical (unpaired) electrons. The maximum atomic E-state index is 13.1. The molecule has 3 rings (SSSR count). The molecule has 0 spiro atoms. The summed E-state index contributed by atoms with van der Waals surface area (Å²) in [4.78, 5) is 25.5. The second kappa shape index (κ2) is 9.49. The Morgan fingerprint density at radius 3 is 2.68 bits per heavy atom. The summed E-state index contributed by atoms with van der Waals surface area (Å²) in [6.45, 7) is 3.52. The molecule has 0 saturated carbocycles. The second-order valence-corrected chi connectivity index (χ2v) is 9.36. The van der Waals surface area contributed by atoms with Gasteiger partial charge in [-0.2, -0.15) is 0 Å². The third-order valence-electron chi connectivity index (χ3n) is 5.46. The van der Waals surface area contributed by atoms with Gasteiger partial charge in [0.15, 0.2) is 0 Å². The monoisotopic (exact) mass is 445 g/mol. The number of nitrogens with two attached hydrogens (primary N) is 1. The van der Waals surface area contributed by atoms with Crippen LogP contribution >= 0.6 is 0 Å². The predicted octanol–water partition coefficient (Wildman–Crippen LogP) is 2.28. The lowest BCUT2D eigenvalue weighted by Crippen LogP contribution is -2.40. The molecule has 1 aliphatic rings. The first-order chi connectivity index (χ1) is 14.7. The number of anilines is 1. The normalized spacial score (nSPS) is 17.2. The quantitative estimate of drug-likeness (QED) is 0.631. The third-order valence-corrected chi connectivity index (χ3v) is 6.97. The third kappa shape index (κ3) is 5.42. The fraction of sp³-hybridized carbons (Fsp3) is 0.364. The molecular weight excluding hydrogens is 418 g/mol. The van der Waals surface area contributed by atoms with E-state index < -0.39 is 16.0 Å². The molecule has 0 aromatic heterocycles. The number of sulfonamides is 1. The molecule has 2 aromatic carbocycles. The molecule has 1 heterocycles. The first kappa shape index (κ1) is 22.8. The Kier molecular flexibility index (Phi) is 6.97. The van der Waals surface area contributed by atoms with Crippen LogP contribution in [0.1, 0.15) is 34.3 Å². The number of esters is 1. The van der Waals surface area contributed by atoms with Crippen LogP contribution < -0.4 is 10.5 Å². The smallest absolute Gasteiger partial charge is 0.337 e. The highest BCUT2D eigenvalue weighted by Gasteiger charge is 2.25. The summed E-state index contributed by atoms with van der Waals surface area (Å²) in [5, 5.41) is 0. The Morgan fingerprint density at radius 2 is 1.97 bits per heavy atom. The molecule has 1 saturated heterocycles. The Hall–Kier alpha value is -2.91. The van der Waals surface area contributed by atoms with E-state index in [1.165, 1.54) is 19.2 Å². The van der Waals surface area contributed by atoms with Crippen LogP contribution in [-0.4, -0.2) is 45.4 Å². The van der Waals surface area contributed by atoms with Crippen molar-refractivity contribution in [2.24, 2.45) is 11.7 Å². The molecule has 166 valence electrons. The molecule has 1 fully saturated rings. The van der Waals surface area contributed by atoms with E-state index in [0.717, 1.165) is 24.9 Å². The number of nitrogens with one attached hydrogen (secondary N) is 1. The van der Waals surface area contributed by atoms with Gasteiger partial charge in [0.2, 0.25) is 5.91 Å². The average Bonchev–Trinajstić information content (AvgIpc) is 2.74. The summed E-state index contributed by atoms with van der Waals surface area (Å²) >= 11 is 0. The van der Waals surface area contributed by atoms with Crippen LogP contribution in [0.15, 0.2) is 47.4 Å². The minimum absolute atomic E-state index is 0.0111. The van der Waals surface area contributed by atoms with E-state index in [-0.39, 0.29) is 22.3 Å². The van der Waals surface area contributed by atoms with E-state index in [1.54, 1.807) is 25.1 Å². The topological polar surface area (TPSA) is 119 Å². The van der Waals surface area contributed by atoms with Gasteiger partial charge in [0.1, 0.15) is 0 Å². The highest BCUT2D eigenvalue weighted by molar-refractivity contribution is 7.92. The van der Waals surface area contributed by atoms with Crippen LogP contribution in [0.25, 0.3) is 0 Å². The first-order valence-electron chi connectivity index (χ1n) is 10.0. The molecule has 1 unspecified atom stereocenters. The second-order valence-electron chi connectivity index (χ2n) is 7.71. The highest BCUT2D eigenvalue weighted by atomic mass is 32.2. The number of carbonyl (C=O) groups is 2. The first-order valence-corrected chi connectivity index (χ1v) is 11.5. The van der Waals surface area contributed by atoms with Crippen molar-refractivity contribution >= 4 is 27.6 Å². The zero-order chi connectivity index (χ0) is 22.6. The molecule has 1 amide bonds. The number of primary amides is 1. The molecular formula is C22H27N3O5S. The van der Waals surface area contributed by atoms with Gasteiger partial charge in [-0.3, -0.25) is 14.4 Å². The molecule has 8 nitrogen and oxygen atoms in total. The number of amides is 1. The number of ether oxygens (including phenoxy) is 1. The van der Waals surface area contributed by atoms with Gasteiger partial charge in [0.25, 0.3) is 10.0 Å². The SMILES string of the molecule is COC(=O)c1ccc(C)c(S(=O)(=O)Nc2ccccc2CN2CCCC(C(N)=O)C2)c1. The number of rotatable bonds is 7. The Balaban J connectivity index is 1.85. The van der Waals surface area contributed by atoms with Crippen LogP contribution in [0.2, 0.25) is 0 Å². The molecule has 9 heteroatoms. The van der Waals surface area contributed by atoms with Crippen LogP contribution in [-0.2, 0) is 26.1 Å². The maximum Gasteiger partial charge on any atom is 0.337 e. The molecule has 2 aromatic rings. The molecule has 31 heavy (non-hydrogen) atoms. The summed E-state index contributed by atoms with van der Waals surface area (Å²) < 4.78 is 33.6. The van der Waals surface area contributed by atoms with Crippen LogP contribution in [0.3, 0.4) is 0 Å². The Morgan fingerprint density at radius 1 is 1.23 bits per heavy atom. The zero-order valence-electron chi connectivity index (χ0n) is 17.6. The fourth-order valence-corrected chi connectivity index (χ4v) is 5.14. The minimum Gasteiger partial charge on any atom is -0.465 e. The van der Waals surface area contributed by atoms with Gasteiger partial charge in [-0.25, -0.2) is 13.2 Å². The largest absolute Gasteiger partial charge is 0.465 e.